The third-order valence-electron chi connectivity index (χ3n) is 4.21. The van der Waals surface area contributed by atoms with Crippen molar-refractivity contribution in [3.8, 4) is 0 Å². The van der Waals surface area contributed by atoms with Crippen molar-refractivity contribution in [1.82, 2.24) is 5.32 Å². The molecule has 0 spiro atoms. The van der Waals surface area contributed by atoms with Gasteiger partial charge in [-0.1, -0.05) is 0 Å². The van der Waals surface area contributed by atoms with E-state index < -0.39 is 0 Å². The van der Waals surface area contributed by atoms with Crippen molar-refractivity contribution in [2.45, 2.75) is 38.6 Å². The average Bonchev–Trinajstić information content (AvgIpc) is 3.10. The molecule has 2 aliphatic rings. The molecular weight excluding hydrogens is 266 g/mol. The highest BCUT2D eigenvalue weighted by Gasteiger charge is 2.24. The molecule has 2 amide bonds. The van der Waals surface area contributed by atoms with Crippen molar-refractivity contribution in [2.75, 3.05) is 23.3 Å². The van der Waals surface area contributed by atoms with Crippen LogP contribution in [0.5, 0.6) is 0 Å². The van der Waals surface area contributed by atoms with Crippen molar-refractivity contribution in [1.29, 1.82) is 0 Å². The first-order chi connectivity index (χ1) is 10.1. The smallest absolute Gasteiger partial charge is 0.241 e. The molecule has 2 N–H and O–H groups in total. The molecule has 0 bridgehead atoms. The van der Waals surface area contributed by atoms with Crippen LogP contribution in [0.15, 0.2) is 18.2 Å². The molecule has 0 aromatic heterocycles. The summed E-state index contributed by atoms with van der Waals surface area (Å²) in [7, 11) is 0. The molecule has 5 nitrogen and oxygen atoms in total. The Morgan fingerprint density at radius 2 is 2.24 bits per heavy atom. The first-order valence-electron chi connectivity index (χ1n) is 7.60. The maximum atomic E-state index is 12.1. The van der Waals surface area contributed by atoms with E-state index in [-0.39, 0.29) is 17.9 Å². The summed E-state index contributed by atoms with van der Waals surface area (Å²) in [5.41, 5.74) is 2.76. The van der Waals surface area contributed by atoms with Gasteiger partial charge in [0.25, 0.3) is 0 Å². The summed E-state index contributed by atoms with van der Waals surface area (Å²) in [5, 5.41) is 6.14. The zero-order valence-electron chi connectivity index (χ0n) is 12.3. The molecule has 0 saturated carbocycles. The van der Waals surface area contributed by atoms with Gasteiger partial charge in [-0.15, -0.1) is 0 Å². The Morgan fingerprint density at radius 1 is 1.38 bits per heavy atom. The van der Waals surface area contributed by atoms with Crippen LogP contribution in [0.2, 0.25) is 0 Å². The molecule has 1 aromatic carbocycles. The van der Waals surface area contributed by atoms with Crippen LogP contribution in [0.25, 0.3) is 0 Å². The van der Waals surface area contributed by atoms with Gasteiger partial charge < -0.3 is 15.5 Å². The molecule has 1 atom stereocenters. The molecule has 5 heteroatoms. The van der Waals surface area contributed by atoms with Crippen LogP contribution in [0.4, 0.5) is 11.4 Å². The summed E-state index contributed by atoms with van der Waals surface area (Å²) in [5.74, 6) is 0.210. The van der Waals surface area contributed by atoms with Gasteiger partial charge in [-0.3, -0.25) is 9.59 Å². The maximum absolute atomic E-state index is 12.1. The molecule has 0 aliphatic carbocycles. The third-order valence-corrected chi connectivity index (χ3v) is 4.21. The Balaban J connectivity index is 1.71. The monoisotopic (exact) mass is 287 g/mol. The number of aryl methyl sites for hydroxylation is 1. The molecular formula is C16H21N3O2. The number of rotatable bonds is 3. The lowest BCUT2D eigenvalue weighted by molar-refractivity contribution is -0.118. The van der Waals surface area contributed by atoms with Crippen LogP contribution in [-0.2, 0) is 9.59 Å². The second kappa shape index (κ2) is 5.85. The molecule has 112 valence electrons. The fourth-order valence-corrected chi connectivity index (χ4v) is 3.08. The van der Waals surface area contributed by atoms with Gasteiger partial charge in [-0.05, 0) is 56.5 Å². The summed E-state index contributed by atoms with van der Waals surface area (Å²) in [4.78, 5) is 25.7. The van der Waals surface area contributed by atoms with E-state index in [4.69, 9.17) is 0 Å². The predicted molar refractivity (Wildman–Crippen MR) is 82.4 cm³/mol. The van der Waals surface area contributed by atoms with Crippen LogP contribution in [-0.4, -0.2) is 30.9 Å². The lowest BCUT2D eigenvalue weighted by Gasteiger charge is -2.19. The van der Waals surface area contributed by atoms with Gasteiger partial charge in [-0.2, -0.15) is 0 Å². The number of anilines is 2. The van der Waals surface area contributed by atoms with Gasteiger partial charge in [0.1, 0.15) is 0 Å². The van der Waals surface area contributed by atoms with Crippen molar-refractivity contribution in [2.24, 2.45) is 0 Å². The lowest BCUT2D eigenvalue weighted by Crippen LogP contribution is -2.35. The highest BCUT2D eigenvalue weighted by Crippen LogP contribution is 2.27. The van der Waals surface area contributed by atoms with Crippen LogP contribution >= 0.6 is 0 Å². The SMILES string of the molecule is Cc1cc(NC(=O)[C@H]2CCCN2)ccc1N1CCCC1=O. The number of carbonyl (C=O) groups is 2. The Kier molecular flexibility index (Phi) is 3.92. The van der Waals surface area contributed by atoms with Crippen molar-refractivity contribution < 1.29 is 9.59 Å². The molecule has 2 heterocycles. The minimum Gasteiger partial charge on any atom is -0.325 e. The van der Waals surface area contributed by atoms with E-state index in [0.717, 1.165) is 49.3 Å². The Labute approximate surface area is 124 Å². The topological polar surface area (TPSA) is 61.4 Å². The number of hydrogen-bond donors (Lipinski definition) is 2. The Hall–Kier alpha value is -1.88. The summed E-state index contributed by atoms with van der Waals surface area (Å²) < 4.78 is 0. The van der Waals surface area contributed by atoms with E-state index >= 15 is 0 Å². The number of carbonyl (C=O) groups excluding carboxylic acids is 2. The number of benzene rings is 1. The molecule has 1 aromatic rings. The molecule has 0 radical (unpaired) electrons. The quantitative estimate of drug-likeness (QED) is 0.891. The molecule has 21 heavy (non-hydrogen) atoms. The number of nitrogens with zero attached hydrogens (tertiary/aromatic N) is 1. The number of amides is 2. The highest BCUT2D eigenvalue weighted by atomic mass is 16.2. The molecule has 0 unspecified atom stereocenters. The van der Waals surface area contributed by atoms with Crippen molar-refractivity contribution >= 4 is 23.2 Å². The maximum Gasteiger partial charge on any atom is 0.241 e. The summed E-state index contributed by atoms with van der Waals surface area (Å²) in [6.45, 7) is 3.68. The van der Waals surface area contributed by atoms with Crippen molar-refractivity contribution in [3.63, 3.8) is 0 Å². The largest absolute Gasteiger partial charge is 0.325 e. The second-order valence-corrected chi connectivity index (χ2v) is 5.79. The average molecular weight is 287 g/mol. The van der Waals surface area contributed by atoms with Gasteiger partial charge in [0.05, 0.1) is 6.04 Å². The van der Waals surface area contributed by atoms with Crippen LogP contribution < -0.4 is 15.5 Å². The van der Waals surface area contributed by atoms with Gasteiger partial charge in [0.2, 0.25) is 11.8 Å². The summed E-state index contributed by atoms with van der Waals surface area (Å²) >= 11 is 0. The minimum atomic E-state index is -0.0786. The van der Waals surface area contributed by atoms with E-state index in [9.17, 15) is 9.59 Å². The second-order valence-electron chi connectivity index (χ2n) is 5.79. The first-order valence-corrected chi connectivity index (χ1v) is 7.60. The van der Waals surface area contributed by atoms with Gasteiger partial charge in [-0.25, -0.2) is 0 Å². The van der Waals surface area contributed by atoms with Crippen molar-refractivity contribution in [3.05, 3.63) is 23.8 Å². The van der Waals surface area contributed by atoms with E-state index in [1.54, 1.807) is 0 Å². The highest BCUT2D eigenvalue weighted by molar-refractivity contribution is 5.98. The molecule has 2 saturated heterocycles. The fourth-order valence-electron chi connectivity index (χ4n) is 3.08. The van der Waals surface area contributed by atoms with Gasteiger partial charge in [0, 0.05) is 24.3 Å². The van der Waals surface area contributed by atoms with E-state index in [1.165, 1.54) is 0 Å². The standard InChI is InChI=1S/C16H21N3O2/c1-11-10-12(18-16(21)13-4-2-8-17-13)6-7-14(11)19-9-3-5-15(19)20/h6-7,10,13,17H,2-5,8-9H2,1H3,(H,18,21)/t13-/m1/s1. The first kappa shape index (κ1) is 14.1. The zero-order chi connectivity index (χ0) is 14.8. The number of hydrogen-bond acceptors (Lipinski definition) is 3. The van der Waals surface area contributed by atoms with E-state index in [1.807, 2.05) is 30.0 Å². The summed E-state index contributed by atoms with van der Waals surface area (Å²) in [6, 6.07) is 5.66. The zero-order valence-corrected chi connectivity index (χ0v) is 12.3. The van der Waals surface area contributed by atoms with E-state index in [0.29, 0.717) is 6.42 Å². The van der Waals surface area contributed by atoms with Crippen LogP contribution in [0, 0.1) is 6.92 Å². The normalized spacial score (nSPS) is 21.9. The van der Waals surface area contributed by atoms with Crippen LogP contribution in [0.3, 0.4) is 0 Å². The number of nitrogens with one attached hydrogen (secondary N) is 2. The van der Waals surface area contributed by atoms with Gasteiger partial charge >= 0.3 is 0 Å². The third kappa shape index (κ3) is 2.93. The molecule has 3 rings (SSSR count). The predicted octanol–water partition coefficient (Wildman–Crippen LogP) is 1.81. The van der Waals surface area contributed by atoms with Crippen LogP contribution in [0.1, 0.15) is 31.2 Å². The fraction of sp³-hybridized carbons (Fsp3) is 0.500. The lowest BCUT2D eigenvalue weighted by atomic mass is 10.1. The van der Waals surface area contributed by atoms with Gasteiger partial charge in [0.15, 0.2) is 0 Å². The minimum absolute atomic E-state index is 0.0249. The molecule has 2 aliphatic heterocycles. The van der Waals surface area contributed by atoms with E-state index in [2.05, 4.69) is 10.6 Å². The Morgan fingerprint density at radius 3 is 2.86 bits per heavy atom. The summed E-state index contributed by atoms with van der Waals surface area (Å²) in [6.07, 6.45) is 3.49. The Bertz CT molecular complexity index is 565. The molecule has 2 fully saturated rings.